The summed E-state index contributed by atoms with van der Waals surface area (Å²) in [5, 5.41) is 5.08. The summed E-state index contributed by atoms with van der Waals surface area (Å²) in [5.41, 5.74) is 0. The molecule has 0 bridgehead atoms. The molecule has 0 rings (SSSR count). The van der Waals surface area contributed by atoms with Crippen LogP contribution in [0.25, 0.3) is 0 Å². The number of hydrogen-bond acceptors (Lipinski definition) is 6. The molecule has 0 aromatic heterocycles. The van der Waals surface area contributed by atoms with Crippen molar-refractivity contribution in [3.05, 3.63) is 0 Å². The van der Waals surface area contributed by atoms with Crippen LogP contribution in [-0.2, 0) is 28.7 Å². The van der Waals surface area contributed by atoms with E-state index in [1.54, 1.807) is 0 Å². The second-order valence-electron chi connectivity index (χ2n) is 5.58. The summed E-state index contributed by atoms with van der Waals surface area (Å²) in [6, 6.07) is -1.73. The van der Waals surface area contributed by atoms with Crippen LogP contribution in [0, 0.1) is 5.92 Å². The van der Waals surface area contributed by atoms with Crippen molar-refractivity contribution in [2.45, 2.75) is 52.1 Å². The van der Waals surface area contributed by atoms with E-state index in [-0.39, 0.29) is 24.7 Å². The number of carbonyl (C=O) groups is 4. The number of esters is 2. The molecule has 2 amide bonds. The zero-order chi connectivity index (χ0) is 18.0. The molecule has 0 spiro atoms. The first-order chi connectivity index (χ1) is 10.7. The van der Waals surface area contributed by atoms with Crippen molar-refractivity contribution in [2.24, 2.45) is 5.92 Å². The Bertz CT molecular complexity index is 436. The standard InChI is InChI=1S/C15H26N2O6/c1-9(2)8-12(16-10(3)18)14(20)17-11(15(21)23-5)6-7-13(19)22-4/h9,11-12H,6-8H2,1-5H3,(H,16,18)(H,17,20)/t11-,12+/m1/s1. The van der Waals surface area contributed by atoms with Crippen molar-refractivity contribution < 1.29 is 28.7 Å². The van der Waals surface area contributed by atoms with E-state index in [0.717, 1.165) is 0 Å². The second-order valence-corrected chi connectivity index (χ2v) is 5.58. The van der Waals surface area contributed by atoms with E-state index in [0.29, 0.717) is 6.42 Å². The Morgan fingerprint density at radius 2 is 1.57 bits per heavy atom. The van der Waals surface area contributed by atoms with E-state index in [4.69, 9.17) is 0 Å². The monoisotopic (exact) mass is 330 g/mol. The molecule has 2 N–H and O–H groups in total. The number of carbonyl (C=O) groups excluding carboxylic acids is 4. The highest BCUT2D eigenvalue weighted by molar-refractivity contribution is 5.90. The van der Waals surface area contributed by atoms with Gasteiger partial charge in [-0.15, -0.1) is 0 Å². The van der Waals surface area contributed by atoms with Gasteiger partial charge in [-0.3, -0.25) is 14.4 Å². The van der Waals surface area contributed by atoms with Crippen LogP contribution in [0.5, 0.6) is 0 Å². The van der Waals surface area contributed by atoms with Crippen molar-refractivity contribution >= 4 is 23.8 Å². The first kappa shape index (κ1) is 20.9. The van der Waals surface area contributed by atoms with Crippen LogP contribution in [0.3, 0.4) is 0 Å². The molecular formula is C15H26N2O6. The average molecular weight is 330 g/mol. The van der Waals surface area contributed by atoms with E-state index in [1.165, 1.54) is 21.1 Å². The van der Waals surface area contributed by atoms with E-state index >= 15 is 0 Å². The number of ether oxygens (including phenoxy) is 2. The number of amides is 2. The highest BCUT2D eigenvalue weighted by Gasteiger charge is 2.27. The average Bonchev–Trinajstić information content (AvgIpc) is 2.48. The third kappa shape index (κ3) is 8.80. The maximum absolute atomic E-state index is 12.3. The Labute approximate surface area is 136 Å². The molecule has 0 saturated heterocycles. The predicted octanol–water partition coefficient (Wildman–Crippen LogP) is 0.148. The van der Waals surface area contributed by atoms with E-state index in [2.05, 4.69) is 20.1 Å². The third-order valence-corrected chi connectivity index (χ3v) is 3.07. The molecule has 2 atom stereocenters. The highest BCUT2D eigenvalue weighted by Crippen LogP contribution is 2.07. The highest BCUT2D eigenvalue weighted by atomic mass is 16.5. The van der Waals surface area contributed by atoms with E-state index in [9.17, 15) is 19.2 Å². The first-order valence-corrected chi connectivity index (χ1v) is 7.43. The Hall–Kier alpha value is -2.12. The quantitative estimate of drug-likeness (QED) is 0.582. The smallest absolute Gasteiger partial charge is 0.328 e. The summed E-state index contributed by atoms with van der Waals surface area (Å²) < 4.78 is 9.14. The van der Waals surface area contributed by atoms with Crippen LogP contribution in [0.15, 0.2) is 0 Å². The first-order valence-electron chi connectivity index (χ1n) is 7.43. The predicted molar refractivity (Wildman–Crippen MR) is 82.3 cm³/mol. The van der Waals surface area contributed by atoms with Crippen molar-refractivity contribution in [1.29, 1.82) is 0 Å². The van der Waals surface area contributed by atoms with Gasteiger partial charge in [-0.25, -0.2) is 4.79 Å². The molecule has 0 aromatic carbocycles. The van der Waals surface area contributed by atoms with Crippen LogP contribution in [0.1, 0.15) is 40.0 Å². The Kier molecular flexibility index (Phi) is 9.60. The fraction of sp³-hybridized carbons (Fsp3) is 0.733. The molecular weight excluding hydrogens is 304 g/mol. The summed E-state index contributed by atoms with van der Waals surface area (Å²) in [5.74, 6) is -1.81. The van der Waals surface area contributed by atoms with Crippen LogP contribution in [-0.4, -0.2) is 50.1 Å². The van der Waals surface area contributed by atoms with Gasteiger partial charge in [0.05, 0.1) is 14.2 Å². The molecule has 0 aliphatic rings. The SMILES string of the molecule is COC(=O)CC[C@@H](NC(=O)[C@H](CC(C)C)NC(C)=O)C(=O)OC. The number of methoxy groups -OCH3 is 2. The van der Waals surface area contributed by atoms with E-state index in [1.807, 2.05) is 13.8 Å². The summed E-state index contributed by atoms with van der Waals surface area (Å²) in [6.45, 7) is 5.14. The molecule has 0 unspecified atom stereocenters. The zero-order valence-corrected chi connectivity index (χ0v) is 14.3. The van der Waals surface area contributed by atoms with Gasteiger partial charge in [0, 0.05) is 13.3 Å². The lowest BCUT2D eigenvalue weighted by molar-refractivity contribution is -0.146. The lowest BCUT2D eigenvalue weighted by atomic mass is 10.0. The topological polar surface area (TPSA) is 111 Å². The maximum atomic E-state index is 12.3. The molecule has 8 heteroatoms. The second kappa shape index (κ2) is 10.6. The third-order valence-electron chi connectivity index (χ3n) is 3.07. The number of hydrogen-bond donors (Lipinski definition) is 2. The van der Waals surface area contributed by atoms with Crippen LogP contribution in [0.2, 0.25) is 0 Å². The van der Waals surface area contributed by atoms with Gasteiger partial charge in [-0.05, 0) is 18.8 Å². The normalized spacial score (nSPS) is 13.0. The summed E-state index contributed by atoms with van der Waals surface area (Å²) in [4.78, 5) is 46.5. The Balaban J connectivity index is 4.90. The van der Waals surface area contributed by atoms with Gasteiger partial charge < -0.3 is 20.1 Å². The van der Waals surface area contributed by atoms with Crippen LogP contribution >= 0.6 is 0 Å². The molecule has 0 heterocycles. The number of rotatable bonds is 9. The van der Waals surface area contributed by atoms with E-state index < -0.39 is 29.9 Å². The lowest BCUT2D eigenvalue weighted by Crippen LogP contribution is -2.52. The van der Waals surface area contributed by atoms with Gasteiger partial charge in [0.25, 0.3) is 0 Å². The molecule has 0 aliphatic carbocycles. The summed E-state index contributed by atoms with van der Waals surface area (Å²) in [6.07, 6.45) is 0.446. The van der Waals surface area contributed by atoms with Gasteiger partial charge in [-0.2, -0.15) is 0 Å². The van der Waals surface area contributed by atoms with Gasteiger partial charge in [0.1, 0.15) is 12.1 Å². The molecule has 8 nitrogen and oxygen atoms in total. The summed E-state index contributed by atoms with van der Waals surface area (Å²) >= 11 is 0. The van der Waals surface area contributed by atoms with Gasteiger partial charge in [-0.1, -0.05) is 13.8 Å². The Morgan fingerprint density at radius 3 is 2.00 bits per heavy atom. The molecule has 0 saturated carbocycles. The molecule has 132 valence electrons. The zero-order valence-electron chi connectivity index (χ0n) is 14.3. The minimum atomic E-state index is -0.977. The van der Waals surface area contributed by atoms with Crippen molar-refractivity contribution in [1.82, 2.24) is 10.6 Å². The largest absolute Gasteiger partial charge is 0.469 e. The molecule has 0 aliphatic heterocycles. The maximum Gasteiger partial charge on any atom is 0.328 e. The van der Waals surface area contributed by atoms with Crippen LogP contribution < -0.4 is 10.6 Å². The fourth-order valence-electron chi connectivity index (χ4n) is 1.98. The van der Waals surface area contributed by atoms with Crippen molar-refractivity contribution in [2.75, 3.05) is 14.2 Å². The fourth-order valence-corrected chi connectivity index (χ4v) is 1.98. The minimum Gasteiger partial charge on any atom is -0.469 e. The Morgan fingerprint density at radius 1 is 0.957 bits per heavy atom. The van der Waals surface area contributed by atoms with Gasteiger partial charge >= 0.3 is 11.9 Å². The summed E-state index contributed by atoms with van der Waals surface area (Å²) in [7, 11) is 2.43. The molecule has 0 aromatic rings. The van der Waals surface area contributed by atoms with Crippen molar-refractivity contribution in [3.63, 3.8) is 0 Å². The number of nitrogens with one attached hydrogen (secondary N) is 2. The van der Waals surface area contributed by atoms with Gasteiger partial charge in [0.2, 0.25) is 11.8 Å². The van der Waals surface area contributed by atoms with Crippen molar-refractivity contribution in [3.8, 4) is 0 Å². The molecule has 0 fully saturated rings. The minimum absolute atomic E-state index is 0.0362. The molecule has 0 radical (unpaired) electrons. The van der Waals surface area contributed by atoms with Gasteiger partial charge in [0.15, 0.2) is 0 Å². The lowest BCUT2D eigenvalue weighted by Gasteiger charge is -2.22. The molecule has 23 heavy (non-hydrogen) atoms. The van der Waals surface area contributed by atoms with Crippen LogP contribution in [0.4, 0.5) is 0 Å².